The first-order chi connectivity index (χ1) is 38.7. The molecule has 11 amide bonds. The highest BCUT2D eigenvalue weighted by Gasteiger charge is 2.37. The molecule has 0 aliphatic carbocycles. The van der Waals surface area contributed by atoms with Crippen molar-refractivity contribution in [3.05, 3.63) is 0 Å². The Balaban J connectivity index is 3.80. The van der Waals surface area contributed by atoms with E-state index in [-0.39, 0.29) is 115 Å². The Morgan fingerprint density at radius 2 is 0.976 bits per heavy atom. The molecule has 0 saturated carbocycles. The molecule has 1 rings (SSSR count). The van der Waals surface area contributed by atoms with Crippen LogP contribution in [0.25, 0.3) is 0 Å². The van der Waals surface area contributed by atoms with Crippen molar-refractivity contribution in [3.63, 3.8) is 0 Å². The summed E-state index contributed by atoms with van der Waals surface area (Å²) in [5, 5.41) is 49.7. The first-order valence-electron chi connectivity index (χ1n) is 28.8. The van der Waals surface area contributed by atoms with E-state index in [1.54, 1.807) is 27.7 Å². The Hall–Kier alpha value is -6.11. The van der Waals surface area contributed by atoms with Crippen molar-refractivity contribution in [2.45, 2.75) is 211 Å². The second kappa shape index (κ2) is 39.4. The van der Waals surface area contributed by atoms with E-state index < -0.39 is 138 Å². The minimum Gasteiger partial charge on any atom is -0.391 e. The number of hydrogen-bond donors (Lipinski definition) is 18. The zero-order chi connectivity index (χ0) is 62.2. The second-order valence-corrected chi connectivity index (χ2v) is 22.0. The lowest BCUT2D eigenvalue weighted by Crippen LogP contribution is -2.62. The van der Waals surface area contributed by atoms with Crippen molar-refractivity contribution in [1.82, 2.24) is 58.5 Å². The number of nitrogens with one attached hydrogen (secondary N) is 11. The highest BCUT2D eigenvalue weighted by atomic mass is 16.3. The Labute approximate surface area is 482 Å². The molecule has 0 aromatic carbocycles. The summed E-state index contributed by atoms with van der Waals surface area (Å²) >= 11 is 0. The maximum absolute atomic E-state index is 14.4. The summed E-state index contributed by atoms with van der Waals surface area (Å²) in [5.41, 5.74) is 29.2. The molecule has 1 heterocycles. The van der Waals surface area contributed by atoms with Crippen LogP contribution in [0.5, 0.6) is 0 Å². The lowest BCUT2D eigenvalue weighted by Gasteiger charge is -2.29. The van der Waals surface area contributed by atoms with Crippen LogP contribution in [0.15, 0.2) is 0 Å². The zero-order valence-corrected chi connectivity index (χ0v) is 49.4. The van der Waals surface area contributed by atoms with Crippen LogP contribution in [0, 0.1) is 17.8 Å². The fourth-order valence-electron chi connectivity index (χ4n) is 8.77. The molecule has 82 heavy (non-hydrogen) atoms. The van der Waals surface area contributed by atoms with Gasteiger partial charge in [0.1, 0.15) is 60.4 Å². The standard InChI is InChI=1S/C53H100N16O13/c1-9-30(6)12-10-14-41(72)60-34(15-20-54)48(77)69-43(32(8)71)53(82)65-37(18-23-57)46(75)61-33-13-11-25-59-52(81)42(31(7)70)68-49(78)38(19-24-58)63-45(74)35(16-21-55)64-50(79)39(26-28(2)3)67-51(80)40(27-29(4)5)66-47(76)36(17-22-56)62-44(33)73/h28-40,42-43,70-71H,9-27,54-58H2,1-8H3,(H,59,81)(H,60,72)(H,61,75)(H,62,73)(H,63,74)(H,64,79)(H,65,82)(H,66,76)(H,67,80)(H,68,78)(H,69,77)/t30?,31-,32-,33+,34+,35+,36+,37+,38+,39+,40-,42?,43+/m1/s1. The van der Waals surface area contributed by atoms with E-state index >= 15 is 0 Å². The maximum Gasteiger partial charge on any atom is 0.245 e. The van der Waals surface area contributed by atoms with Crippen LogP contribution >= 0.6 is 0 Å². The van der Waals surface area contributed by atoms with Gasteiger partial charge < -0.3 is 97.4 Å². The van der Waals surface area contributed by atoms with Gasteiger partial charge in [0.05, 0.1) is 12.2 Å². The molecule has 29 heteroatoms. The van der Waals surface area contributed by atoms with Gasteiger partial charge in [-0.2, -0.15) is 0 Å². The summed E-state index contributed by atoms with van der Waals surface area (Å²) in [7, 11) is 0. The minimum absolute atomic E-state index is 0.00609. The van der Waals surface area contributed by atoms with Gasteiger partial charge in [-0.1, -0.05) is 54.4 Å². The number of hydrogen-bond acceptors (Lipinski definition) is 18. The molecule has 1 saturated heterocycles. The van der Waals surface area contributed by atoms with Crippen molar-refractivity contribution >= 4 is 65.0 Å². The van der Waals surface area contributed by atoms with Gasteiger partial charge >= 0.3 is 0 Å². The first kappa shape index (κ1) is 73.9. The van der Waals surface area contributed by atoms with Crippen LogP contribution in [0.4, 0.5) is 0 Å². The molecule has 0 aromatic rings. The molecular formula is C53H100N16O13. The van der Waals surface area contributed by atoms with Gasteiger partial charge in [0.15, 0.2) is 0 Å². The Bertz CT molecular complexity index is 2070. The van der Waals surface area contributed by atoms with Crippen LogP contribution in [0.3, 0.4) is 0 Å². The number of nitrogens with two attached hydrogens (primary N) is 5. The van der Waals surface area contributed by atoms with E-state index in [0.717, 1.165) is 12.8 Å². The van der Waals surface area contributed by atoms with Gasteiger partial charge in [-0.15, -0.1) is 0 Å². The van der Waals surface area contributed by atoms with Gasteiger partial charge in [-0.3, -0.25) is 52.7 Å². The van der Waals surface area contributed by atoms with Crippen LogP contribution in [0.2, 0.25) is 0 Å². The van der Waals surface area contributed by atoms with E-state index in [4.69, 9.17) is 28.7 Å². The number of aliphatic hydroxyl groups is 2. The fraction of sp³-hybridized carbons (Fsp3) is 0.792. The second-order valence-electron chi connectivity index (χ2n) is 22.0. The lowest BCUT2D eigenvalue weighted by molar-refractivity contribution is -0.137. The molecule has 13 atom stereocenters. The molecule has 0 aromatic heterocycles. The maximum atomic E-state index is 14.4. The van der Waals surface area contributed by atoms with E-state index in [9.17, 15) is 63.0 Å². The van der Waals surface area contributed by atoms with E-state index in [1.807, 2.05) is 6.92 Å². The van der Waals surface area contributed by atoms with Crippen molar-refractivity contribution < 1.29 is 63.0 Å². The van der Waals surface area contributed by atoms with E-state index in [1.165, 1.54) is 13.8 Å². The highest BCUT2D eigenvalue weighted by molar-refractivity contribution is 5.99. The lowest BCUT2D eigenvalue weighted by atomic mass is 9.99. The quantitative estimate of drug-likeness (QED) is 0.0348. The summed E-state index contributed by atoms with van der Waals surface area (Å²) in [6, 6.07) is -14.2. The summed E-state index contributed by atoms with van der Waals surface area (Å²) < 4.78 is 0. The molecule has 2 unspecified atom stereocenters. The van der Waals surface area contributed by atoms with Crippen LogP contribution in [-0.4, -0.2) is 187 Å². The highest BCUT2D eigenvalue weighted by Crippen LogP contribution is 2.14. The van der Waals surface area contributed by atoms with Crippen LogP contribution < -0.4 is 87.2 Å². The first-order valence-corrected chi connectivity index (χ1v) is 28.8. The third kappa shape index (κ3) is 27.3. The van der Waals surface area contributed by atoms with Crippen molar-refractivity contribution in [3.8, 4) is 0 Å². The van der Waals surface area contributed by atoms with E-state index in [0.29, 0.717) is 12.3 Å². The largest absolute Gasteiger partial charge is 0.391 e. The predicted molar refractivity (Wildman–Crippen MR) is 305 cm³/mol. The van der Waals surface area contributed by atoms with Crippen molar-refractivity contribution in [2.24, 2.45) is 46.4 Å². The molecule has 23 N–H and O–H groups in total. The van der Waals surface area contributed by atoms with Crippen LogP contribution in [-0.2, 0) is 52.7 Å². The zero-order valence-electron chi connectivity index (χ0n) is 49.4. The Morgan fingerprint density at radius 3 is 1.40 bits per heavy atom. The van der Waals surface area contributed by atoms with Gasteiger partial charge in [0.25, 0.3) is 0 Å². The summed E-state index contributed by atoms with van der Waals surface area (Å²) in [4.78, 5) is 152. The smallest absolute Gasteiger partial charge is 0.245 e. The van der Waals surface area contributed by atoms with Gasteiger partial charge in [-0.05, 0) is 129 Å². The molecule has 1 fully saturated rings. The normalized spacial score (nSPS) is 23.6. The van der Waals surface area contributed by atoms with Crippen molar-refractivity contribution in [1.29, 1.82) is 0 Å². The Morgan fingerprint density at radius 1 is 0.537 bits per heavy atom. The minimum atomic E-state index is -1.67. The molecule has 0 bridgehead atoms. The predicted octanol–water partition coefficient (Wildman–Crippen LogP) is -5.44. The monoisotopic (exact) mass is 1170 g/mol. The number of aliphatic hydroxyl groups excluding tert-OH is 2. The molecule has 29 nitrogen and oxygen atoms in total. The van der Waals surface area contributed by atoms with E-state index in [2.05, 4.69) is 65.4 Å². The molecule has 0 radical (unpaired) electrons. The third-order valence-corrected chi connectivity index (χ3v) is 13.7. The molecule has 0 spiro atoms. The molecule has 1 aliphatic heterocycles. The summed E-state index contributed by atoms with van der Waals surface area (Å²) in [5.74, 6) is -9.25. The fourth-order valence-corrected chi connectivity index (χ4v) is 8.77. The SMILES string of the molecule is CCC(C)CCCC(=O)N[C@@H](CCN)C(=O)N[C@H](C(=O)N[C@@H](CCN)C(=O)N[C@H]1CCCNC(=O)C([C@@H](C)O)NC(=O)[C@H](CCN)NC(=O)[C@H](CCN)NC(=O)[C@H](CC(C)C)NC(=O)[C@@H](CC(C)C)NC(=O)[C@H](CCN)NC1=O)[C@@H](C)O. The number of amides is 11. The summed E-state index contributed by atoms with van der Waals surface area (Å²) in [6.45, 7) is 12.9. The van der Waals surface area contributed by atoms with Gasteiger partial charge in [0.2, 0.25) is 65.0 Å². The van der Waals surface area contributed by atoms with Crippen LogP contribution in [0.1, 0.15) is 139 Å². The molecular weight excluding hydrogens is 1070 g/mol. The Kier molecular flexibility index (Phi) is 35.5. The number of carbonyl (C=O) groups is 11. The topological polar surface area (TPSA) is 491 Å². The van der Waals surface area contributed by atoms with Gasteiger partial charge in [-0.25, -0.2) is 0 Å². The molecule has 470 valence electrons. The average Bonchev–Trinajstić information content (AvgIpc) is 3.46. The number of rotatable bonds is 28. The van der Waals surface area contributed by atoms with Gasteiger partial charge in [0, 0.05) is 13.0 Å². The average molecular weight is 1170 g/mol. The molecule has 1 aliphatic rings. The third-order valence-electron chi connectivity index (χ3n) is 13.7. The summed E-state index contributed by atoms with van der Waals surface area (Å²) in [6.07, 6.45) is -1.50. The van der Waals surface area contributed by atoms with Crippen molar-refractivity contribution in [2.75, 3.05) is 39.3 Å². The number of carbonyl (C=O) groups excluding carboxylic acids is 11.